The van der Waals surface area contributed by atoms with Crippen molar-refractivity contribution in [1.29, 1.82) is 0 Å². The molecule has 0 aromatic heterocycles. The van der Waals surface area contributed by atoms with Crippen LogP contribution in [0.1, 0.15) is 56.9 Å². The molecule has 0 unspecified atom stereocenters. The van der Waals surface area contributed by atoms with Gasteiger partial charge in [0.05, 0.1) is 0 Å². The summed E-state index contributed by atoms with van der Waals surface area (Å²) in [4.78, 5) is 0. The molecule has 2 rings (SSSR count). The highest BCUT2D eigenvalue weighted by atomic mass is 19.3. The Hall–Kier alpha value is -1.52. The average molecular weight is 358 g/mol. The van der Waals surface area contributed by atoms with E-state index in [4.69, 9.17) is 0 Å². The summed E-state index contributed by atoms with van der Waals surface area (Å²) in [6, 6.07) is 2.20. The first-order valence-electron chi connectivity index (χ1n) is 9.03. The van der Waals surface area contributed by atoms with Crippen LogP contribution in [0.15, 0.2) is 24.8 Å². The van der Waals surface area contributed by atoms with E-state index >= 15 is 0 Å². The van der Waals surface area contributed by atoms with E-state index in [0.29, 0.717) is 17.9 Å². The van der Waals surface area contributed by atoms with Crippen LogP contribution in [0.5, 0.6) is 5.75 Å². The van der Waals surface area contributed by atoms with Crippen LogP contribution in [0.2, 0.25) is 0 Å². The van der Waals surface area contributed by atoms with Gasteiger partial charge in [-0.15, -0.1) is 6.58 Å². The zero-order valence-corrected chi connectivity index (χ0v) is 14.5. The fourth-order valence-corrected chi connectivity index (χ4v) is 3.69. The number of ether oxygens (including phenoxy) is 1. The minimum absolute atomic E-state index is 0.490. The first-order valence-corrected chi connectivity index (χ1v) is 9.03. The lowest BCUT2D eigenvalue weighted by molar-refractivity contribution is -0.0546. The molecule has 5 heteroatoms. The highest BCUT2D eigenvalue weighted by Crippen LogP contribution is 2.34. The molecule has 25 heavy (non-hydrogen) atoms. The Kier molecular flexibility index (Phi) is 7.79. The van der Waals surface area contributed by atoms with Crippen LogP contribution in [0.4, 0.5) is 17.6 Å². The molecule has 1 aliphatic rings. The van der Waals surface area contributed by atoms with Gasteiger partial charge in [-0.05, 0) is 55.2 Å². The Morgan fingerprint density at radius 3 is 2.12 bits per heavy atom. The molecule has 0 atom stereocenters. The molecule has 0 saturated heterocycles. The molecule has 1 fully saturated rings. The van der Waals surface area contributed by atoms with Gasteiger partial charge in [0.2, 0.25) is 0 Å². The molecular formula is C20H26F4O. The second-order valence-corrected chi connectivity index (χ2v) is 6.91. The van der Waals surface area contributed by atoms with Crippen molar-refractivity contribution in [3.8, 4) is 5.75 Å². The summed E-state index contributed by atoms with van der Waals surface area (Å²) in [5, 5.41) is 0. The predicted octanol–water partition coefficient (Wildman–Crippen LogP) is 6.66. The summed E-state index contributed by atoms with van der Waals surface area (Å²) >= 11 is 0. The van der Waals surface area contributed by atoms with Crippen LogP contribution in [0, 0.1) is 23.5 Å². The Morgan fingerprint density at radius 1 is 1.04 bits per heavy atom. The van der Waals surface area contributed by atoms with Gasteiger partial charge in [0.15, 0.2) is 17.4 Å². The Labute approximate surface area is 147 Å². The second kappa shape index (κ2) is 9.83. The monoisotopic (exact) mass is 358 g/mol. The van der Waals surface area contributed by atoms with Crippen LogP contribution in [0.3, 0.4) is 0 Å². The van der Waals surface area contributed by atoms with Crippen LogP contribution in [-0.2, 0) is 6.42 Å². The maximum Gasteiger partial charge on any atom is 0.387 e. The van der Waals surface area contributed by atoms with Crippen molar-refractivity contribution in [3.63, 3.8) is 0 Å². The normalized spacial score (nSPS) is 20.7. The SMILES string of the molecule is C=CCCC[C@H]1CC[C@H](CCc2cc(F)c(OC(F)F)c(F)c2)CC1. The highest BCUT2D eigenvalue weighted by Gasteiger charge is 2.21. The number of alkyl halides is 2. The third-order valence-electron chi connectivity index (χ3n) is 5.09. The van der Waals surface area contributed by atoms with Crippen molar-refractivity contribution in [1.82, 2.24) is 0 Å². The number of rotatable bonds is 9. The van der Waals surface area contributed by atoms with Gasteiger partial charge in [0.25, 0.3) is 0 Å². The van der Waals surface area contributed by atoms with Crippen molar-refractivity contribution in [2.75, 3.05) is 0 Å². The Bertz CT molecular complexity index is 528. The maximum atomic E-state index is 13.7. The van der Waals surface area contributed by atoms with Crippen LogP contribution in [-0.4, -0.2) is 6.61 Å². The summed E-state index contributed by atoms with van der Waals surface area (Å²) in [7, 11) is 0. The third-order valence-corrected chi connectivity index (χ3v) is 5.09. The minimum atomic E-state index is -3.24. The number of hydrogen-bond donors (Lipinski definition) is 0. The molecule has 0 bridgehead atoms. The summed E-state index contributed by atoms with van der Waals surface area (Å²) < 4.78 is 55.6. The standard InChI is InChI=1S/C20H26F4O/c1-2-3-4-5-14-6-8-15(9-7-14)10-11-16-12-17(21)19(18(22)13-16)25-20(23)24/h2,12-15,20H,1,3-11H2/t14-,15-. The van der Waals surface area contributed by atoms with Gasteiger partial charge in [-0.25, -0.2) is 8.78 Å². The first kappa shape index (κ1) is 19.8. The molecule has 140 valence electrons. The van der Waals surface area contributed by atoms with E-state index in [-0.39, 0.29) is 0 Å². The quantitative estimate of drug-likeness (QED) is 0.272. The first-order chi connectivity index (χ1) is 12.0. The highest BCUT2D eigenvalue weighted by molar-refractivity contribution is 5.31. The fraction of sp³-hybridized carbons (Fsp3) is 0.600. The van der Waals surface area contributed by atoms with Gasteiger partial charge < -0.3 is 4.74 Å². The van der Waals surface area contributed by atoms with Crippen molar-refractivity contribution < 1.29 is 22.3 Å². The summed E-state index contributed by atoms with van der Waals surface area (Å²) in [6.45, 7) is 0.503. The topological polar surface area (TPSA) is 9.23 Å². The lowest BCUT2D eigenvalue weighted by Gasteiger charge is -2.28. The number of benzene rings is 1. The molecule has 0 radical (unpaired) electrons. The van der Waals surface area contributed by atoms with Gasteiger partial charge in [0.1, 0.15) is 0 Å². The van der Waals surface area contributed by atoms with Gasteiger partial charge >= 0.3 is 6.61 Å². The fourth-order valence-electron chi connectivity index (χ4n) is 3.69. The molecule has 0 amide bonds. The smallest absolute Gasteiger partial charge is 0.387 e. The largest absolute Gasteiger partial charge is 0.429 e. The second-order valence-electron chi connectivity index (χ2n) is 6.91. The maximum absolute atomic E-state index is 13.7. The molecular weight excluding hydrogens is 332 g/mol. The average Bonchev–Trinajstić information content (AvgIpc) is 2.57. The lowest BCUT2D eigenvalue weighted by Crippen LogP contribution is -2.15. The number of hydrogen-bond acceptors (Lipinski definition) is 1. The van der Waals surface area contributed by atoms with Gasteiger partial charge in [-0.3, -0.25) is 0 Å². The summed E-state index contributed by atoms with van der Waals surface area (Å²) in [6.07, 6.45) is 11.6. The van der Waals surface area contributed by atoms with Crippen LogP contribution >= 0.6 is 0 Å². The van der Waals surface area contributed by atoms with Gasteiger partial charge in [-0.1, -0.05) is 38.2 Å². The van der Waals surface area contributed by atoms with Crippen molar-refractivity contribution in [2.24, 2.45) is 11.8 Å². The van der Waals surface area contributed by atoms with Crippen molar-refractivity contribution >= 4 is 0 Å². The minimum Gasteiger partial charge on any atom is -0.429 e. The van der Waals surface area contributed by atoms with E-state index in [1.807, 2.05) is 6.08 Å². The Balaban J connectivity index is 1.79. The van der Waals surface area contributed by atoms with E-state index < -0.39 is 24.0 Å². The molecule has 0 spiro atoms. The van der Waals surface area contributed by atoms with Crippen molar-refractivity contribution in [3.05, 3.63) is 42.0 Å². The van der Waals surface area contributed by atoms with Crippen LogP contribution in [0.25, 0.3) is 0 Å². The Morgan fingerprint density at radius 2 is 1.60 bits per heavy atom. The van der Waals surface area contributed by atoms with E-state index in [2.05, 4.69) is 11.3 Å². The zero-order valence-electron chi connectivity index (χ0n) is 14.5. The predicted molar refractivity (Wildman–Crippen MR) is 90.8 cm³/mol. The molecule has 0 heterocycles. The van der Waals surface area contributed by atoms with Crippen molar-refractivity contribution in [2.45, 2.75) is 64.4 Å². The van der Waals surface area contributed by atoms with E-state index in [1.165, 1.54) is 25.7 Å². The van der Waals surface area contributed by atoms with Gasteiger partial charge in [-0.2, -0.15) is 8.78 Å². The molecule has 0 N–H and O–H groups in total. The van der Waals surface area contributed by atoms with Gasteiger partial charge in [0, 0.05) is 0 Å². The summed E-state index contributed by atoms with van der Waals surface area (Å²) in [5.41, 5.74) is 0.490. The molecule has 1 saturated carbocycles. The number of halogens is 4. The number of aryl methyl sites for hydroxylation is 1. The van der Waals surface area contributed by atoms with Crippen LogP contribution < -0.4 is 4.74 Å². The zero-order chi connectivity index (χ0) is 18.2. The van der Waals surface area contributed by atoms with E-state index in [1.54, 1.807) is 0 Å². The molecule has 0 aliphatic heterocycles. The molecule has 1 aromatic carbocycles. The van der Waals surface area contributed by atoms with E-state index in [9.17, 15) is 17.6 Å². The molecule has 1 aromatic rings. The molecule has 1 aliphatic carbocycles. The third kappa shape index (κ3) is 6.37. The number of allylic oxidation sites excluding steroid dienone is 1. The van der Waals surface area contributed by atoms with E-state index in [0.717, 1.165) is 43.7 Å². The molecule has 1 nitrogen and oxygen atoms in total. The lowest BCUT2D eigenvalue weighted by atomic mass is 9.78. The summed E-state index contributed by atoms with van der Waals surface area (Å²) in [5.74, 6) is -1.78. The number of unbranched alkanes of at least 4 members (excludes halogenated alkanes) is 1.